The minimum absolute atomic E-state index is 0.609. The summed E-state index contributed by atoms with van der Waals surface area (Å²) in [6, 6.07) is 0. The Morgan fingerprint density at radius 3 is 2.45 bits per heavy atom. The van der Waals surface area contributed by atoms with Gasteiger partial charge in [-0.2, -0.15) is 0 Å². The molecule has 1 heteroatoms. The summed E-state index contributed by atoms with van der Waals surface area (Å²) in [7, 11) is 0. The second-order valence-electron chi connectivity index (χ2n) is 4.15. The van der Waals surface area contributed by atoms with Gasteiger partial charge in [-0.3, -0.25) is 0 Å². The van der Waals surface area contributed by atoms with Crippen LogP contribution in [0.25, 0.3) is 0 Å². The summed E-state index contributed by atoms with van der Waals surface area (Å²) >= 11 is 0. The van der Waals surface area contributed by atoms with Crippen LogP contribution >= 0.6 is 0 Å². The van der Waals surface area contributed by atoms with Gasteiger partial charge in [0.1, 0.15) is 0 Å². The monoisotopic (exact) mass is 155 g/mol. The number of rotatable bonds is 2. The van der Waals surface area contributed by atoms with Crippen molar-refractivity contribution in [3.05, 3.63) is 0 Å². The largest absolute Gasteiger partial charge is 0.316 e. The Bertz CT molecular complexity index is 112. The van der Waals surface area contributed by atoms with Crippen molar-refractivity contribution in [1.82, 2.24) is 5.32 Å². The van der Waals surface area contributed by atoms with Crippen LogP contribution in [0.2, 0.25) is 0 Å². The molecule has 0 radical (unpaired) electrons. The molecular formula is C10H21N. The first-order valence-electron chi connectivity index (χ1n) is 4.92. The molecular weight excluding hydrogens is 134 g/mol. The third-order valence-corrected chi connectivity index (χ3v) is 3.43. The summed E-state index contributed by atoms with van der Waals surface area (Å²) < 4.78 is 0. The molecule has 11 heavy (non-hydrogen) atoms. The molecule has 1 heterocycles. The normalized spacial score (nSPS) is 32.7. The zero-order chi connectivity index (χ0) is 8.32. The first-order valence-corrected chi connectivity index (χ1v) is 4.92. The van der Waals surface area contributed by atoms with Crippen LogP contribution in [-0.4, -0.2) is 13.1 Å². The molecule has 0 bridgehead atoms. The fourth-order valence-electron chi connectivity index (χ4n) is 2.19. The maximum Gasteiger partial charge on any atom is 0.00102 e. The van der Waals surface area contributed by atoms with E-state index in [1.807, 2.05) is 0 Å². The lowest BCUT2D eigenvalue weighted by Crippen LogP contribution is -2.42. The average Bonchev–Trinajstić information content (AvgIpc) is 2.05. The average molecular weight is 155 g/mol. The molecule has 1 aliphatic rings. The second-order valence-corrected chi connectivity index (χ2v) is 4.15. The summed E-state index contributed by atoms with van der Waals surface area (Å²) in [5.74, 6) is 0.834. The van der Waals surface area contributed by atoms with E-state index >= 15 is 0 Å². The highest BCUT2D eigenvalue weighted by molar-refractivity contribution is 4.86. The van der Waals surface area contributed by atoms with Crippen LogP contribution in [0.4, 0.5) is 0 Å². The number of nitrogens with one attached hydrogen (secondary N) is 1. The minimum atomic E-state index is 0.609. The molecule has 1 atom stereocenters. The van der Waals surface area contributed by atoms with E-state index in [9.17, 15) is 0 Å². The Kier molecular flexibility index (Phi) is 2.94. The topological polar surface area (TPSA) is 12.0 Å². The second kappa shape index (κ2) is 3.57. The number of hydrogen-bond acceptors (Lipinski definition) is 1. The molecule has 1 aliphatic heterocycles. The molecule has 0 amide bonds. The lowest BCUT2D eigenvalue weighted by molar-refractivity contribution is 0.129. The lowest BCUT2D eigenvalue weighted by atomic mass is 9.70. The molecule has 66 valence electrons. The van der Waals surface area contributed by atoms with E-state index in [2.05, 4.69) is 26.1 Å². The van der Waals surface area contributed by atoms with Gasteiger partial charge < -0.3 is 5.32 Å². The van der Waals surface area contributed by atoms with E-state index < -0.39 is 0 Å². The SMILES string of the molecule is CC[C@@]1(C(C)C)CCCNC1. The van der Waals surface area contributed by atoms with Gasteiger partial charge in [-0.15, -0.1) is 0 Å². The maximum atomic E-state index is 3.51. The zero-order valence-corrected chi connectivity index (χ0v) is 8.11. The van der Waals surface area contributed by atoms with E-state index in [1.165, 1.54) is 32.4 Å². The van der Waals surface area contributed by atoms with Crippen LogP contribution < -0.4 is 5.32 Å². The fraction of sp³-hybridized carbons (Fsp3) is 1.00. The summed E-state index contributed by atoms with van der Waals surface area (Å²) in [5, 5.41) is 3.51. The van der Waals surface area contributed by atoms with Gasteiger partial charge in [-0.25, -0.2) is 0 Å². The molecule has 1 rings (SSSR count). The van der Waals surface area contributed by atoms with Crippen molar-refractivity contribution >= 4 is 0 Å². The van der Waals surface area contributed by atoms with E-state index in [0.29, 0.717) is 5.41 Å². The van der Waals surface area contributed by atoms with Crippen molar-refractivity contribution in [2.45, 2.75) is 40.0 Å². The van der Waals surface area contributed by atoms with Crippen LogP contribution in [-0.2, 0) is 0 Å². The fourth-order valence-corrected chi connectivity index (χ4v) is 2.19. The van der Waals surface area contributed by atoms with Crippen LogP contribution in [0.1, 0.15) is 40.0 Å². The van der Waals surface area contributed by atoms with Crippen molar-refractivity contribution in [1.29, 1.82) is 0 Å². The molecule has 1 nitrogen and oxygen atoms in total. The van der Waals surface area contributed by atoms with Gasteiger partial charge in [0.15, 0.2) is 0 Å². The van der Waals surface area contributed by atoms with E-state index in [0.717, 1.165) is 5.92 Å². The lowest BCUT2D eigenvalue weighted by Gasteiger charge is -2.40. The molecule has 0 spiro atoms. The molecule has 0 saturated carbocycles. The first kappa shape index (κ1) is 9.05. The predicted molar refractivity (Wildman–Crippen MR) is 49.7 cm³/mol. The van der Waals surface area contributed by atoms with Crippen LogP contribution in [0.15, 0.2) is 0 Å². The van der Waals surface area contributed by atoms with Crippen molar-refractivity contribution in [2.75, 3.05) is 13.1 Å². The molecule has 0 aliphatic carbocycles. The quantitative estimate of drug-likeness (QED) is 0.646. The Morgan fingerprint density at radius 1 is 1.45 bits per heavy atom. The highest BCUT2D eigenvalue weighted by atomic mass is 14.9. The molecule has 0 aromatic rings. The third-order valence-electron chi connectivity index (χ3n) is 3.43. The Labute approximate surface area is 70.6 Å². The molecule has 0 aromatic carbocycles. The highest BCUT2D eigenvalue weighted by Gasteiger charge is 2.32. The minimum Gasteiger partial charge on any atom is -0.316 e. The van der Waals surface area contributed by atoms with Gasteiger partial charge in [-0.1, -0.05) is 20.8 Å². The Hall–Kier alpha value is -0.0400. The standard InChI is InChI=1S/C10H21N/c1-4-10(9(2)3)6-5-7-11-8-10/h9,11H,4-8H2,1-3H3/t10-/m1/s1. The summed E-state index contributed by atoms with van der Waals surface area (Å²) in [6.07, 6.45) is 4.12. The first-order chi connectivity index (χ1) is 5.21. The Balaban J connectivity index is 2.57. The van der Waals surface area contributed by atoms with E-state index in [1.54, 1.807) is 0 Å². The maximum absolute atomic E-state index is 3.51. The van der Waals surface area contributed by atoms with E-state index in [-0.39, 0.29) is 0 Å². The highest BCUT2D eigenvalue weighted by Crippen LogP contribution is 2.37. The van der Waals surface area contributed by atoms with Crippen molar-refractivity contribution in [2.24, 2.45) is 11.3 Å². The third kappa shape index (κ3) is 1.76. The van der Waals surface area contributed by atoms with Gasteiger partial charge in [0.05, 0.1) is 0 Å². The van der Waals surface area contributed by atoms with Gasteiger partial charge in [0.25, 0.3) is 0 Å². The van der Waals surface area contributed by atoms with E-state index in [4.69, 9.17) is 0 Å². The predicted octanol–water partition coefficient (Wildman–Crippen LogP) is 2.42. The van der Waals surface area contributed by atoms with Crippen molar-refractivity contribution in [3.63, 3.8) is 0 Å². The van der Waals surface area contributed by atoms with Crippen molar-refractivity contribution in [3.8, 4) is 0 Å². The van der Waals surface area contributed by atoms with Gasteiger partial charge in [0.2, 0.25) is 0 Å². The zero-order valence-electron chi connectivity index (χ0n) is 8.11. The smallest absolute Gasteiger partial charge is 0.00102 e. The van der Waals surface area contributed by atoms with Crippen molar-refractivity contribution < 1.29 is 0 Å². The summed E-state index contributed by atoms with van der Waals surface area (Å²) in [6.45, 7) is 9.51. The number of piperidine rings is 1. The van der Waals surface area contributed by atoms with Gasteiger partial charge >= 0.3 is 0 Å². The Morgan fingerprint density at radius 2 is 2.18 bits per heavy atom. The molecule has 0 aromatic heterocycles. The molecule has 0 unspecified atom stereocenters. The summed E-state index contributed by atoms with van der Waals surface area (Å²) in [5.41, 5.74) is 0.609. The molecule has 1 fully saturated rings. The van der Waals surface area contributed by atoms with Gasteiger partial charge in [0, 0.05) is 6.54 Å². The molecule has 1 N–H and O–H groups in total. The molecule has 1 saturated heterocycles. The van der Waals surface area contributed by atoms with Crippen LogP contribution in [0.3, 0.4) is 0 Å². The summed E-state index contributed by atoms with van der Waals surface area (Å²) in [4.78, 5) is 0. The number of hydrogen-bond donors (Lipinski definition) is 1. The van der Waals surface area contributed by atoms with Crippen LogP contribution in [0, 0.1) is 11.3 Å². The van der Waals surface area contributed by atoms with Crippen LogP contribution in [0.5, 0.6) is 0 Å². The van der Waals surface area contributed by atoms with Gasteiger partial charge in [-0.05, 0) is 37.1 Å².